The lowest BCUT2D eigenvalue weighted by Gasteiger charge is -2.05. The van der Waals surface area contributed by atoms with E-state index in [-0.39, 0.29) is 5.91 Å². The standard InChI is InChI=1S/C10H16N4O/c1-14-7-6-12-9(14)10(15)13-5-4-11-8-2-3-8/h6-8,11H,2-5H2,1H3,(H,13,15). The molecule has 0 spiro atoms. The maximum absolute atomic E-state index is 11.6. The SMILES string of the molecule is Cn1ccnc1C(=O)NCCNC1CC1. The fourth-order valence-electron chi connectivity index (χ4n) is 1.40. The Morgan fingerprint density at radius 1 is 1.60 bits per heavy atom. The van der Waals surface area contributed by atoms with Crippen molar-refractivity contribution in [2.75, 3.05) is 13.1 Å². The molecule has 1 heterocycles. The van der Waals surface area contributed by atoms with Crippen molar-refractivity contribution in [3.63, 3.8) is 0 Å². The number of aryl methyl sites for hydroxylation is 1. The highest BCUT2D eigenvalue weighted by Gasteiger charge is 2.19. The minimum atomic E-state index is -0.111. The second-order valence-electron chi connectivity index (χ2n) is 3.85. The van der Waals surface area contributed by atoms with E-state index in [0.717, 1.165) is 6.54 Å². The summed E-state index contributed by atoms with van der Waals surface area (Å²) < 4.78 is 1.71. The van der Waals surface area contributed by atoms with Gasteiger partial charge in [-0.3, -0.25) is 4.79 Å². The Morgan fingerprint density at radius 3 is 3.00 bits per heavy atom. The van der Waals surface area contributed by atoms with Crippen molar-refractivity contribution in [2.45, 2.75) is 18.9 Å². The first-order chi connectivity index (χ1) is 7.27. The Morgan fingerprint density at radius 2 is 2.40 bits per heavy atom. The molecule has 1 saturated carbocycles. The molecule has 0 aliphatic heterocycles. The molecule has 1 aliphatic rings. The first-order valence-electron chi connectivity index (χ1n) is 5.26. The van der Waals surface area contributed by atoms with E-state index in [9.17, 15) is 4.79 Å². The molecule has 0 radical (unpaired) electrons. The largest absolute Gasteiger partial charge is 0.348 e. The summed E-state index contributed by atoms with van der Waals surface area (Å²) in [5.74, 6) is 0.349. The van der Waals surface area contributed by atoms with Gasteiger partial charge in [0.15, 0.2) is 5.82 Å². The van der Waals surface area contributed by atoms with Gasteiger partial charge in [-0.1, -0.05) is 0 Å². The van der Waals surface area contributed by atoms with Crippen molar-refractivity contribution in [1.29, 1.82) is 0 Å². The van der Waals surface area contributed by atoms with E-state index < -0.39 is 0 Å². The van der Waals surface area contributed by atoms with Gasteiger partial charge in [0.2, 0.25) is 0 Å². The fourth-order valence-corrected chi connectivity index (χ4v) is 1.40. The molecular weight excluding hydrogens is 192 g/mol. The van der Waals surface area contributed by atoms with Crippen LogP contribution in [0.1, 0.15) is 23.5 Å². The van der Waals surface area contributed by atoms with E-state index in [1.165, 1.54) is 12.8 Å². The number of carbonyl (C=O) groups is 1. The van der Waals surface area contributed by atoms with E-state index >= 15 is 0 Å². The van der Waals surface area contributed by atoms with E-state index in [2.05, 4.69) is 15.6 Å². The molecule has 2 rings (SSSR count). The zero-order valence-corrected chi connectivity index (χ0v) is 8.86. The number of nitrogens with zero attached hydrogens (tertiary/aromatic N) is 2. The lowest BCUT2D eigenvalue weighted by molar-refractivity contribution is 0.0940. The average Bonchev–Trinajstić information content (AvgIpc) is 2.94. The number of nitrogens with one attached hydrogen (secondary N) is 2. The van der Waals surface area contributed by atoms with Gasteiger partial charge < -0.3 is 15.2 Å². The van der Waals surface area contributed by atoms with E-state index in [1.807, 2.05) is 7.05 Å². The smallest absolute Gasteiger partial charge is 0.287 e. The van der Waals surface area contributed by atoms with Crippen molar-refractivity contribution in [2.24, 2.45) is 7.05 Å². The van der Waals surface area contributed by atoms with Crippen molar-refractivity contribution < 1.29 is 4.79 Å². The van der Waals surface area contributed by atoms with Crippen LogP contribution in [0, 0.1) is 0 Å². The Labute approximate surface area is 88.9 Å². The van der Waals surface area contributed by atoms with Crippen LogP contribution in [0.15, 0.2) is 12.4 Å². The topological polar surface area (TPSA) is 59.0 Å². The molecule has 1 aromatic rings. The highest BCUT2D eigenvalue weighted by Crippen LogP contribution is 2.17. The molecule has 15 heavy (non-hydrogen) atoms. The lowest BCUT2D eigenvalue weighted by atomic mass is 10.5. The van der Waals surface area contributed by atoms with E-state index in [4.69, 9.17) is 0 Å². The molecule has 0 saturated heterocycles. The van der Waals surface area contributed by atoms with Gasteiger partial charge in [-0.15, -0.1) is 0 Å². The Balaban J connectivity index is 1.69. The molecular formula is C10H16N4O. The number of aromatic nitrogens is 2. The molecule has 1 fully saturated rings. The fraction of sp³-hybridized carbons (Fsp3) is 0.600. The summed E-state index contributed by atoms with van der Waals surface area (Å²) in [5, 5.41) is 6.15. The lowest BCUT2D eigenvalue weighted by Crippen LogP contribution is -2.33. The first kappa shape index (κ1) is 10.2. The number of hydrogen-bond acceptors (Lipinski definition) is 3. The third-order valence-corrected chi connectivity index (χ3v) is 2.45. The third kappa shape index (κ3) is 2.79. The molecule has 1 amide bonds. The Bertz CT molecular complexity index is 343. The van der Waals surface area contributed by atoms with Crippen LogP contribution in [0.4, 0.5) is 0 Å². The van der Waals surface area contributed by atoms with Gasteiger partial charge in [-0.2, -0.15) is 0 Å². The van der Waals surface area contributed by atoms with Crippen LogP contribution in [0.5, 0.6) is 0 Å². The predicted molar refractivity (Wildman–Crippen MR) is 56.6 cm³/mol. The van der Waals surface area contributed by atoms with E-state index in [1.54, 1.807) is 17.0 Å². The average molecular weight is 208 g/mol. The third-order valence-electron chi connectivity index (χ3n) is 2.45. The van der Waals surface area contributed by atoms with Crippen molar-refractivity contribution in [3.05, 3.63) is 18.2 Å². The van der Waals surface area contributed by atoms with Gasteiger partial charge in [0.05, 0.1) is 0 Å². The number of carbonyl (C=O) groups excluding carboxylic acids is 1. The molecule has 0 unspecified atom stereocenters. The highest BCUT2D eigenvalue weighted by atomic mass is 16.2. The van der Waals surface area contributed by atoms with Gasteiger partial charge in [-0.25, -0.2) is 4.98 Å². The molecule has 0 atom stereocenters. The van der Waals surface area contributed by atoms with Gasteiger partial charge >= 0.3 is 0 Å². The summed E-state index contributed by atoms with van der Waals surface area (Å²) >= 11 is 0. The van der Waals surface area contributed by atoms with Gasteiger partial charge in [0.25, 0.3) is 5.91 Å². The molecule has 2 N–H and O–H groups in total. The molecule has 82 valence electrons. The minimum absolute atomic E-state index is 0.111. The van der Waals surface area contributed by atoms with Crippen LogP contribution in [0.2, 0.25) is 0 Å². The zero-order chi connectivity index (χ0) is 10.7. The van der Waals surface area contributed by atoms with E-state index in [0.29, 0.717) is 18.4 Å². The molecule has 5 heteroatoms. The maximum atomic E-state index is 11.6. The summed E-state index contributed by atoms with van der Waals surface area (Å²) in [4.78, 5) is 15.5. The number of hydrogen-bond donors (Lipinski definition) is 2. The number of rotatable bonds is 5. The van der Waals surface area contributed by atoms with Gasteiger partial charge in [0.1, 0.15) is 0 Å². The monoisotopic (exact) mass is 208 g/mol. The quantitative estimate of drug-likeness (QED) is 0.664. The summed E-state index contributed by atoms with van der Waals surface area (Å²) in [6.45, 7) is 1.49. The molecule has 1 aromatic heterocycles. The molecule has 0 bridgehead atoms. The highest BCUT2D eigenvalue weighted by molar-refractivity contribution is 5.90. The van der Waals surface area contributed by atoms with Crippen molar-refractivity contribution in [3.8, 4) is 0 Å². The Hall–Kier alpha value is -1.36. The number of amides is 1. The van der Waals surface area contributed by atoms with Crippen LogP contribution in [-0.4, -0.2) is 34.6 Å². The van der Waals surface area contributed by atoms with Crippen LogP contribution < -0.4 is 10.6 Å². The summed E-state index contributed by atoms with van der Waals surface area (Å²) in [7, 11) is 1.81. The van der Waals surface area contributed by atoms with Crippen molar-refractivity contribution in [1.82, 2.24) is 20.2 Å². The van der Waals surface area contributed by atoms with Gasteiger partial charge in [0, 0.05) is 38.6 Å². The maximum Gasteiger partial charge on any atom is 0.287 e. The van der Waals surface area contributed by atoms with Crippen LogP contribution in [-0.2, 0) is 7.05 Å². The normalized spacial score (nSPS) is 15.3. The summed E-state index contributed by atoms with van der Waals surface area (Å²) in [5.41, 5.74) is 0. The number of imidazole rings is 1. The summed E-state index contributed by atoms with van der Waals surface area (Å²) in [6, 6.07) is 0.690. The Kier molecular flexibility index (Phi) is 3.01. The predicted octanol–water partition coefficient (Wildman–Crippen LogP) is -0.0981. The minimum Gasteiger partial charge on any atom is -0.348 e. The molecule has 1 aliphatic carbocycles. The zero-order valence-electron chi connectivity index (χ0n) is 8.86. The van der Waals surface area contributed by atoms with Crippen molar-refractivity contribution >= 4 is 5.91 Å². The second kappa shape index (κ2) is 4.44. The van der Waals surface area contributed by atoms with Crippen LogP contribution in [0.3, 0.4) is 0 Å². The second-order valence-corrected chi connectivity index (χ2v) is 3.85. The molecule has 5 nitrogen and oxygen atoms in total. The van der Waals surface area contributed by atoms with Gasteiger partial charge in [-0.05, 0) is 12.8 Å². The molecule has 0 aromatic carbocycles. The van der Waals surface area contributed by atoms with Crippen LogP contribution >= 0.6 is 0 Å². The summed E-state index contributed by atoms with van der Waals surface area (Å²) in [6.07, 6.45) is 5.93. The van der Waals surface area contributed by atoms with Crippen LogP contribution in [0.25, 0.3) is 0 Å². The first-order valence-corrected chi connectivity index (χ1v) is 5.26.